The van der Waals surface area contributed by atoms with E-state index in [0.717, 1.165) is 13.0 Å². The summed E-state index contributed by atoms with van der Waals surface area (Å²) in [5.41, 5.74) is 0. The van der Waals surface area contributed by atoms with Crippen LogP contribution in [0.5, 0.6) is 0 Å². The normalized spacial score (nSPS) is 21.5. The Morgan fingerprint density at radius 2 is 2.21 bits per heavy atom. The standard InChI is InChI=1S/C12H24N2O4S/c1-3-5-13-9-12(15)14(6-7-18-2)11-4-8-19(16,17)10-11/h11,13H,3-10H2,1-2H3. The van der Waals surface area contributed by atoms with Crippen molar-refractivity contribution in [1.82, 2.24) is 10.2 Å². The summed E-state index contributed by atoms with van der Waals surface area (Å²) >= 11 is 0. The van der Waals surface area contributed by atoms with E-state index in [1.54, 1.807) is 12.0 Å². The number of sulfone groups is 1. The summed E-state index contributed by atoms with van der Waals surface area (Å²) in [6.45, 7) is 3.95. The van der Waals surface area contributed by atoms with Gasteiger partial charge < -0.3 is 15.0 Å². The Bertz CT molecular complexity index is 383. The molecule has 6 nitrogen and oxygen atoms in total. The molecule has 1 aliphatic heterocycles. The van der Waals surface area contributed by atoms with Gasteiger partial charge in [-0.3, -0.25) is 4.79 Å². The number of hydrogen-bond acceptors (Lipinski definition) is 5. The molecule has 1 amide bonds. The Balaban J connectivity index is 2.58. The lowest BCUT2D eigenvalue weighted by Gasteiger charge is -2.28. The third-order valence-corrected chi connectivity index (χ3v) is 4.96. The molecule has 1 fully saturated rings. The highest BCUT2D eigenvalue weighted by Gasteiger charge is 2.34. The predicted molar refractivity (Wildman–Crippen MR) is 73.8 cm³/mol. The number of amides is 1. The zero-order chi connectivity index (χ0) is 14.3. The third-order valence-electron chi connectivity index (χ3n) is 3.21. The fourth-order valence-corrected chi connectivity index (χ4v) is 3.93. The second kappa shape index (κ2) is 7.81. The second-order valence-corrected chi connectivity index (χ2v) is 7.04. The number of carbonyl (C=O) groups excluding carboxylic acids is 1. The minimum atomic E-state index is -2.98. The number of rotatable bonds is 8. The van der Waals surface area contributed by atoms with Gasteiger partial charge in [0.1, 0.15) is 0 Å². The maximum Gasteiger partial charge on any atom is 0.236 e. The van der Waals surface area contributed by atoms with Crippen LogP contribution in [0, 0.1) is 0 Å². The Hall–Kier alpha value is -0.660. The van der Waals surface area contributed by atoms with Crippen LogP contribution in [-0.4, -0.2) is 70.1 Å². The molecule has 0 spiro atoms. The van der Waals surface area contributed by atoms with Gasteiger partial charge in [-0.05, 0) is 19.4 Å². The van der Waals surface area contributed by atoms with Crippen molar-refractivity contribution in [3.05, 3.63) is 0 Å². The van der Waals surface area contributed by atoms with Gasteiger partial charge in [-0.1, -0.05) is 6.92 Å². The zero-order valence-electron chi connectivity index (χ0n) is 11.7. The van der Waals surface area contributed by atoms with Crippen LogP contribution in [0.2, 0.25) is 0 Å². The second-order valence-electron chi connectivity index (χ2n) is 4.81. The first-order valence-corrected chi connectivity index (χ1v) is 8.52. The van der Waals surface area contributed by atoms with Crippen LogP contribution in [0.25, 0.3) is 0 Å². The SMILES string of the molecule is CCCNCC(=O)N(CCOC)C1CCS(=O)(=O)C1. The Kier molecular flexibility index (Phi) is 6.74. The van der Waals surface area contributed by atoms with Crippen molar-refractivity contribution in [1.29, 1.82) is 0 Å². The van der Waals surface area contributed by atoms with Gasteiger partial charge >= 0.3 is 0 Å². The predicted octanol–water partition coefficient (Wildman–Crippen LogP) is -0.352. The van der Waals surface area contributed by atoms with E-state index in [9.17, 15) is 13.2 Å². The number of ether oxygens (including phenoxy) is 1. The van der Waals surface area contributed by atoms with Crippen molar-refractivity contribution in [2.45, 2.75) is 25.8 Å². The summed E-state index contributed by atoms with van der Waals surface area (Å²) < 4.78 is 28.0. The molecule has 1 saturated heterocycles. The molecule has 112 valence electrons. The van der Waals surface area contributed by atoms with Gasteiger partial charge in [-0.15, -0.1) is 0 Å². The van der Waals surface area contributed by atoms with Gasteiger partial charge in [0.15, 0.2) is 9.84 Å². The number of methoxy groups -OCH3 is 1. The summed E-state index contributed by atoms with van der Waals surface area (Å²) in [5.74, 6) is 0.208. The first kappa shape index (κ1) is 16.4. The van der Waals surface area contributed by atoms with Gasteiger partial charge in [0, 0.05) is 19.7 Å². The highest BCUT2D eigenvalue weighted by atomic mass is 32.2. The summed E-state index contributed by atoms with van der Waals surface area (Å²) in [7, 11) is -1.41. The molecule has 7 heteroatoms. The van der Waals surface area contributed by atoms with Crippen LogP contribution in [0.1, 0.15) is 19.8 Å². The lowest BCUT2D eigenvalue weighted by molar-refractivity contribution is -0.132. The Labute approximate surface area is 115 Å². The molecule has 1 aliphatic rings. The first-order valence-electron chi connectivity index (χ1n) is 6.69. The Morgan fingerprint density at radius 3 is 2.74 bits per heavy atom. The molecule has 1 rings (SSSR count). The van der Waals surface area contributed by atoms with Crippen LogP contribution in [-0.2, 0) is 19.4 Å². The molecule has 1 atom stereocenters. The maximum atomic E-state index is 12.1. The minimum Gasteiger partial charge on any atom is -0.383 e. The first-order chi connectivity index (χ1) is 9.00. The molecule has 1 N–H and O–H groups in total. The monoisotopic (exact) mass is 292 g/mol. The van der Waals surface area contributed by atoms with Crippen LogP contribution < -0.4 is 5.32 Å². The van der Waals surface area contributed by atoms with Crippen molar-refractivity contribution in [2.75, 3.05) is 44.9 Å². The van der Waals surface area contributed by atoms with E-state index in [1.807, 2.05) is 6.92 Å². The molecule has 19 heavy (non-hydrogen) atoms. The molecular weight excluding hydrogens is 268 g/mol. The summed E-state index contributed by atoms with van der Waals surface area (Å²) in [4.78, 5) is 13.8. The van der Waals surface area contributed by atoms with Gasteiger partial charge in [-0.25, -0.2) is 8.42 Å². The smallest absolute Gasteiger partial charge is 0.236 e. The summed E-state index contributed by atoms with van der Waals surface area (Å²) in [5, 5.41) is 3.05. The minimum absolute atomic E-state index is 0.0485. The van der Waals surface area contributed by atoms with Crippen LogP contribution >= 0.6 is 0 Å². The van der Waals surface area contributed by atoms with Crippen molar-refractivity contribution in [2.24, 2.45) is 0 Å². The van der Waals surface area contributed by atoms with Crippen molar-refractivity contribution < 1.29 is 17.9 Å². The van der Waals surface area contributed by atoms with Gasteiger partial charge in [0.25, 0.3) is 0 Å². The van der Waals surface area contributed by atoms with Crippen molar-refractivity contribution in [3.8, 4) is 0 Å². The van der Waals surface area contributed by atoms with Crippen molar-refractivity contribution in [3.63, 3.8) is 0 Å². The highest BCUT2D eigenvalue weighted by molar-refractivity contribution is 7.91. The van der Waals surface area contributed by atoms with Gasteiger partial charge in [-0.2, -0.15) is 0 Å². The van der Waals surface area contributed by atoms with E-state index < -0.39 is 9.84 Å². The fourth-order valence-electron chi connectivity index (χ4n) is 2.20. The van der Waals surface area contributed by atoms with E-state index in [1.165, 1.54) is 0 Å². The molecule has 0 bridgehead atoms. The lowest BCUT2D eigenvalue weighted by atomic mass is 10.2. The van der Waals surface area contributed by atoms with E-state index in [2.05, 4.69) is 5.32 Å². The summed E-state index contributed by atoms with van der Waals surface area (Å²) in [6, 6.07) is -0.198. The molecule has 0 aromatic carbocycles. The average molecular weight is 292 g/mol. The molecule has 0 aliphatic carbocycles. The molecule has 1 unspecified atom stereocenters. The van der Waals surface area contributed by atoms with Crippen LogP contribution in [0.4, 0.5) is 0 Å². The van der Waals surface area contributed by atoms with E-state index in [4.69, 9.17) is 4.74 Å². The summed E-state index contributed by atoms with van der Waals surface area (Å²) in [6.07, 6.45) is 1.49. The number of carbonyl (C=O) groups is 1. The number of nitrogens with one attached hydrogen (secondary N) is 1. The van der Waals surface area contributed by atoms with E-state index >= 15 is 0 Å². The quantitative estimate of drug-likeness (QED) is 0.619. The third kappa shape index (κ3) is 5.46. The largest absolute Gasteiger partial charge is 0.383 e. The van der Waals surface area contributed by atoms with Gasteiger partial charge in [0.05, 0.1) is 24.7 Å². The number of hydrogen-bond donors (Lipinski definition) is 1. The maximum absolute atomic E-state index is 12.1. The molecule has 0 aromatic rings. The topological polar surface area (TPSA) is 75.7 Å². The average Bonchev–Trinajstić information content (AvgIpc) is 2.70. The Morgan fingerprint density at radius 1 is 1.47 bits per heavy atom. The molecule has 0 aromatic heterocycles. The zero-order valence-corrected chi connectivity index (χ0v) is 12.5. The van der Waals surface area contributed by atoms with Crippen LogP contribution in [0.3, 0.4) is 0 Å². The molecule has 0 radical (unpaired) electrons. The molecule has 1 heterocycles. The highest BCUT2D eigenvalue weighted by Crippen LogP contribution is 2.17. The van der Waals surface area contributed by atoms with Crippen LogP contribution in [0.15, 0.2) is 0 Å². The number of nitrogens with zero attached hydrogens (tertiary/aromatic N) is 1. The molecular formula is C12H24N2O4S. The fraction of sp³-hybridized carbons (Fsp3) is 0.917. The van der Waals surface area contributed by atoms with E-state index in [0.29, 0.717) is 19.6 Å². The molecule has 0 saturated carbocycles. The van der Waals surface area contributed by atoms with Crippen molar-refractivity contribution >= 4 is 15.7 Å². The van der Waals surface area contributed by atoms with E-state index in [-0.39, 0.29) is 30.0 Å². The van der Waals surface area contributed by atoms with Gasteiger partial charge in [0.2, 0.25) is 5.91 Å². The lowest BCUT2D eigenvalue weighted by Crippen LogP contribution is -2.46.